The van der Waals surface area contributed by atoms with Crippen molar-refractivity contribution in [3.8, 4) is 11.5 Å². The highest BCUT2D eigenvalue weighted by atomic mass is 16.5. The second-order valence-corrected chi connectivity index (χ2v) is 8.19. The molecule has 6 heteroatoms. The van der Waals surface area contributed by atoms with Gasteiger partial charge in [0.05, 0.1) is 13.2 Å². The number of carbonyl (C=O) groups excluding carboxylic acids is 1. The summed E-state index contributed by atoms with van der Waals surface area (Å²) in [6, 6.07) is 13.6. The topological polar surface area (TPSA) is 54.0 Å². The SMILES string of the molecule is CCN1CCN(Cc2ccccc2CNC(=O)c2ccc(OC(C)C)c(OC)c2)CC1. The van der Waals surface area contributed by atoms with Crippen LogP contribution < -0.4 is 14.8 Å². The Balaban J connectivity index is 1.62. The molecule has 1 amide bonds. The lowest BCUT2D eigenvalue weighted by Gasteiger charge is -2.34. The number of likely N-dealkylation sites (N-methyl/N-ethyl adjacent to an activating group) is 1. The van der Waals surface area contributed by atoms with Crippen molar-refractivity contribution in [3.63, 3.8) is 0 Å². The van der Waals surface area contributed by atoms with Crippen LogP contribution in [0.4, 0.5) is 0 Å². The first kappa shape index (κ1) is 23.1. The molecule has 3 rings (SSSR count). The largest absolute Gasteiger partial charge is 0.493 e. The third-order valence-corrected chi connectivity index (χ3v) is 5.65. The van der Waals surface area contributed by atoms with E-state index >= 15 is 0 Å². The van der Waals surface area contributed by atoms with E-state index in [0.717, 1.165) is 44.8 Å². The van der Waals surface area contributed by atoms with Crippen molar-refractivity contribution in [2.24, 2.45) is 0 Å². The summed E-state index contributed by atoms with van der Waals surface area (Å²) in [5, 5.41) is 3.06. The van der Waals surface area contributed by atoms with E-state index in [1.165, 1.54) is 5.56 Å². The first-order valence-electron chi connectivity index (χ1n) is 11.1. The second kappa shape index (κ2) is 11.2. The van der Waals surface area contributed by atoms with E-state index in [1.807, 2.05) is 19.9 Å². The normalized spacial score (nSPS) is 15.1. The van der Waals surface area contributed by atoms with E-state index < -0.39 is 0 Å². The number of piperazine rings is 1. The molecule has 0 aliphatic carbocycles. The minimum atomic E-state index is -0.124. The molecule has 168 valence electrons. The van der Waals surface area contributed by atoms with Crippen LogP contribution in [-0.4, -0.2) is 61.6 Å². The summed E-state index contributed by atoms with van der Waals surface area (Å²) in [7, 11) is 1.58. The number of methoxy groups -OCH3 is 1. The molecule has 1 saturated heterocycles. The highest BCUT2D eigenvalue weighted by Crippen LogP contribution is 2.29. The number of hydrogen-bond donors (Lipinski definition) is 1. The minimum Gasteiger partial charge on any atom is -0.493 e. The fourth-order valence-electron chi connectivity index (χ4n) is 3.83. The molecule has 0 aromatic heterocycles. The van der Waals surface area contributed by atoms with E-state index in [-0.39, 0.29) is 12.0 Å². The predicted octanol–water partition coefficient (Wildman–Crippen LogP) is 3.55. The Bertz CT molecular complexity index is 861. The Kier molecular flexibility index (Phi) is 8.32. The molecule has 1 fully saturated rings. The number of ether oxygens (including phenoxy) is 2. The number of nitrogens with one attached hydrogen (secondary N) is 1. The summed E-state index contributed by atoms with van der Waals surface area (Å²) in [4.78, 5) is 17.7. The van der Waals surface area contributed by atoms with Crippen LogP contribution in [0.3, 0.4) is 0 Å². The van der Waals surface area contributed by atoms with Crippen LogP contribution in [0.2, 0.25) is 0 Å². The second-order valence-electron chi connectivity index (χ2n) is 8.19. The van der Waals surface area contributed by atoms with Gasteiger partial charge in [0.25, 0.3) is 5.91 Å². The monoisotopic (exact) mass is 425 g/mol. The Morgan fingerprint density at radius 2 is 1.68 bits per heavy atom. The lowest BCUT2D eigenvalue weighted by Crippen LogP contribution is -2.45. The number of rotatable bonds is 9. The van der Waals surface area contributed by atoms with E-state index in [9.17, 15) is 4.79 Å². The average Bonchev–Trinajstić information content (AvgIpc) is 2.78. The quantitative estimate of drug-likeness (QED) is 0.666. The molecular weight excluding hydrogens is 390 g/mol. The van der Waals surface area contributed by atoms with Gasteiger partial charge in [0.1, 0.15) is 0 Å². The van der Waals surface area contributed by atoms with Crippen LogP contribution in [-0.2, 0) is 13.1 Å². The Morgan fingerprint density at radius 3 is 2.32 bits per heavy atom. The summed E-state index contributed by atoms with van der Waals surface area (Å²) in [5.41, 5.74) is 2.98. The summed E-state index contributed by atoms with van der Waals surface area (Å²) >= 11 is 0. The molecule has 0 bridgehead atoms. The maximum absolute atomic E-state index is 12.8. The molecule has 1 N–H and O–H groups in total. The van der Waals surface area contributed by atoms with Crippen LogP contribution in [0.1, 0.15) is 42.3 Å². The highest BCUT2D eigenvalue weighted by molar-refractivity contribution is 5.94. The van der Waals surface area contributed by atoms with Gasteiger partial charge in [-0.25, -0.2) is 0 Å². The van der Waals surface area contributed by atoms with Gasteiger partial charge in [-0.05, 0) is 49.7 Å². The number of benzene rings is 2. The van der Waals surface area contributed by atoms with Crippen LogP contribution in [0.15, 0.2) is 42.5 Å². The minimum absolute atomic E-state index is 0.0371. The number of hydrogen-bond acceptors (Lipinski definition) is 5. The van der Waals surface area contributed by atoms with E-state index in [0.29, 0.717) is 23.6 Å². The molecule has 2 aromatic carbocycles. The zero-order chi connectivity index (χ0) is 22.2. The fourth-order valence-corrected chi connectivity index (χ4v) is 3.83. The standard InChI is InChI=1S/C25H35N3O3/c1-5-27-12-14-28(15-13-27)18-22-9-7-6-8-21(22)17-26-25(29)20-10-11-23(31-19(2)3)24(16-20)30-4/h6-11,16,19H,5,12-15,17-18H2,1-4H3,(H,26,29). The van der Waals surface area contributed by atoms with Crippen molar-refractivity contribution in [1.82, 2.24) is 15.1 Å². The van der Waals surface area contributed by atoms with Gasteiger partial charge in [-0.3, -0.25) is 9.69 Å². The van der Waals surface area contributed by atoms with E-state index in [1.54, 1.807) is 25.3 Å². The highest BCUT2D eigenvalue weighted by Gasteiger charge is 2.17. The molecule has 31 heavy (non-hydrogen) atoms. The molecule has 1 aliphatic heterocycles. The van der Waals surface area contributed by atoms with Gasteiger partial charge >= 0.3 is 0 Å². The smallest absolute Gasteiger partial charge is 0.251 e. The van der Waals surface area contributed by atoms with Gasteiger partial charge < -0.3 is 19.7 Å². The predicted molar refractivity (Wildman–Crippen MR) is 124 cm³/mol. The van der Waals surface area contributed by atoms with Gasteiger partial charge in [-0.1, -0.05) is 31.2 Å². The summed E-state index contributed by atoms with van der Waals surface area (Å²) in [6.45, 7) is 13.1. The lowest BCUT2D eigenvalue weighted by atomic mass is 10.1. The maximum atomic E-state index is 12.8. The van der Waals surface area contributed by atoms with Crippen LogP contribution in [0, 0.1) is 0 Å². The van der Waals surface area contributed by atoms with Gasteiger partial charge in [0.15, 0.2) is 11.5 Å². The molecule has 2 aromatic rings. The van der Waals surface area contributed by atoms with Crippen LogP contribution in [0.5, 0.6) is 11.5 Å². The van der Waals surface area contributed by atoms with Gasteiger partial charge in [0.2, 0.25) is 0 Å². The summed E-state index contributed by atoms with van der Waals surface area (Å²) in [5.74, 6) is 1.08. The lowest BCUT2D eigenvalue weighted by molar-refractivity contribution is 0.0950. The number of nitrogens with zero attached hydrogens (tertiary/aromatic N) is 2. The van der Waals surface area contributed by atoms with Gasteiger partial charge in [0, 0.05) is 44.8 Å². The number of carbonyl (C=O) groups is 1. The fraction of sp³-hybridized carbons (Fsp3) is 0.480. The van der Waals surface area contributed by atoms with Crippen molar-refractivity contribution in [2.75, 3.05) is 39.8 Å². The van der Waals surface area contributed by atoms with Crippen LogP contribution in [0.25, 0.3) is 0 Å². The zero-order valence-electron chi connectivity index (χ0n) is 19.2. The summed E-state index contributed by atoms with van der Waals surface area (Å²) < 4.78 is 11.1. The molecule has 0 radical (unpaired) electrons. The van der Waals surface area contributed by atoms with Crippen molar-refractivity contribution < 1.29 is 14.3 Å². The average molecular weight is 426 g/mol. The molecule has 0 saturated carbocycles. The Labute approximate surface area is 186 Å². The first-order chi connectivity index (χ1) is 15.0. The van der Waals surface area contributed by atoms with Crippen molar-refractivity contribution in [1.29, 1.82) is 0 Å². The molecule has 0 unspecified atom stereocenters. The molecule has 1 aliphatic rings. The third-order valence-electron chi connectivity index (χ3n) is 5.65. The molecule has 0 atom stereocenters. The maximum Gasteiger partial charge on any atom is 0.251 e. The molecular formula is C25H35N3O3. The third kappa shape index (κ3) is 6.45. The molecule has 6 nitrogen and oxygen atoms in total. The Hall–Kier alpha value is -2.57. The van der Waals surface area contributed by atoms with Gasteiger partial charge in [-0.15, -0.1) is 0 Å². The van der Waals surface area contributed by atoms with E-state index in [4.69, 9.17) is 9.47 Å². The number of amides is 1. The van der Waals surface area contributed by atoms with Gasteiger partial charge in [-0.2, -0.15) is 0 Å². The molecule has 0 spiro atoms. The zero-order valence-corrected chi connectivity index (χ0v) is 19.2. The first-order valence-corrected chi connectivity index (χ1v) is 11.1. The Morgan fingerprint density at radius 1 is 1.00 bits per heavy atom. The summed E-state index contributed by atoms with van der Waals surface area (Å²) in [6.07, 6.45) is 0.0371. The van der Waals surface area contributed by atoms with Crippen molar-refractivity contribution in [2.45, 2.75) is 40.0 Å². The molecule has 1 heterocycles. The van der Waals surface area contributed by atoms with E-state index in [2.05, 4.69) is 40.2 Å². The van der Waals surface area contributed by atoms with Crippen LogP contribution >= 0.6 is 0 Å². The van der Waals surface area contributed by atoms with Crippen molar-refractivity contribution >= 4 is 5.91 Å². The van der Waals surface area contributed by atoms with Crippen molar-refractivity contribution in [3.05, 3.63) is 59.2 Å².